The maximum Gasteiger partial charge on any atom is 0.143 e. The molecule has 1 saturated carbocycles. The van der Waals surface area contributed by atoms with Gasteiger partial charge >= 0.3 is 0 Å². The van der Waals surface area contributed by atoms with Gasteiger partial charge in [-0.3, -0.25) is 4.79 Å². The third-order valence-corrected chi connectivity index (χ3v) is 3.74. The monoisotopic (exact) mass is 264 g/mol. The molecule has 0 aromatic heterocycles. The molecule has 1 aliphatic rings. The van der Waals surface area contributed by atoms with Crippen LogP contribution >= 0.6 is 0 Å². The lowest BCUT2D eigenvalue weighted by Crippen LogP contribution is -2.16. The van der Waals surface area contributed by atoms with Crippen LogP contribution in [0.4, 0.5) is 4.39 Å². The lowest BCUT2D eigenvalue weighted by atomic mass is 9.89. The van der Waals surface area contributed by atoms with E-state index in [0.29, 0.717) is 12.2 Å². The summed E-state index contributed by atoms with van der Waals surface area (Å²) in [6, 6.07) is 0. The van der Waals surface area contributed by atoms with Crippen LogP contribution in [0.3, 0.4) is 0 Å². The minimum atomic E-state index is -0.264. The average molecular weight is 264 g/mol. The van der Waals surface area contributed by atoms with Gasteiger partial charge in [0.15, 0.2) is 0 Å². The topological polar surface area (TPSA) is 17.1 Å². The maximum atomic E-state index is 13.5. The molecule has 0 saturated heterocycles. The fourth-order valence-corrected chi connectivity index (χ4v) is 2.27. The van der Waals surface area contributed by atoms with E-state index >= 15 is 0 Å². The third-order valence-electron chi connectivity index (χ3n) is 3.74. The average Bonchev–Trinajstić information content (AvgIpc) is 3.18. The van der Waals surface area contributed by atoms with Crippen LogP contribution < -0.4 is 0 Å². The number of unbranched alkanes of at least 4 members (excludes halogenated alkanes) is 1. The Balaban J connectivity index is 2.66. The van der Waals surface area contributed by atoms with Crippen molar-refractivity contribution in [1.29, 1.82) is 0 Å². The summed E-state index contributed by atoms with van der Waals surface area (Å²) in [6.45, 7) is 6.03. The summed E-state index contributed by atoms with van der Waals surface area (Å²) in [4.78, 5) is 12.1. The van der Waals surface area contributed by atoms with E-state index in [9.17, 15) is 9.18 Å². The zero-order valence-corrected chi connectivity index (χ0v) is 12.3. The summed E-state index contributed by atoms with van der Waals surface area (Å²) >= 11 is 0. The molecule has 0 unspecified atom stereocenters. The first-order valence-corrected chi connectivity index (χ1v) is 7.31. The summed E-state index contributed by atoms with van der Waals surface area (Å²) < 4.78 is 13.5. The molecule has 1 rings (SSSR count). The summed E-state index contributed by atoms with van der Waals surface area (Å²) in [5.41, 5.74) is 0.741. The van der Waals surface area contributed by atoms with E-state index in [4.69, 9.17) is 0 Å². The number of allylic oxidation sites excluding steroid dienone is 6. The minimum absolute atomic E-state index is 0.244. The van der Waals surface area contributed by atoms with Crippen molar-refractivity contribution in [2.75, 3.05) is 0 Å². The first-order chi connectivity index (χ1) is 9.06. The van der Waals surface area contributed by atoms with Crippen LogP contribution in [0.25, 0.3) is 0 Å². The predicted molar refractivity (Wildman–Crippen MR) is 78.6 cm³/mol. The van der Waals surface area contributed by atoms with Gasteiger partial charge in [0.2, 0.25) is 0 Å². The van der Waals surface area contributed by atoms with Crippen molar-refractivity contribution in [3.8, 4) is 0 Å². The Hall–Kier alpha value is -1.18. The summed E-state index contributed by atoms with van der Waals surface area (Å²) in [5, 5.41) is 0. The lowest BCUT2D eigenvalue weighted by molar-refractivity contribution is -0.122. The van der Waals surface area contributed by atoms with Crippen LogP contribution in [-0.4, -0.2) is 5.78 Å². The van der Waals surface area contributed by atoms with E-state index in [1.54, 1.807) is 6.08 Å². The van der Waals surface area contributed by atoms with E-state index in [0.717, 1.165) is 37.7 Å². The molecule has 1 aliphatic carbocycles. The van der Waals surface area contributed by atoms with Crippen LogP contribution in [0.5, 0.6) is 0 Å². The van der Waals surface area contributed by atoms with Gasteiger partial charge in [0.05, 0.1) is 0 Å². The molecule has 0 spiro atoms. The highest BCUT2D eigenvalue weighted by Crippen LogP contribution is 2.53. The lowest BCUT2D eigenvalue weighted by Gasteiger charge is -2.13. The molecule has 19 heavy (non-hydrogen) atoms. The zero-order valence-electron chi connectivity index (χ0n) is 12.3. The Kier molecular flexibility index (Phi) is 6.20. The Labute approximate surface area is 116 Å². The largest absolute Gasteiger partial charge is 0.299 e. The first-order valence-electron chi connectivity index (χ1n) is 7.31. The molecular formula is C17H25FO. The molecule has 0 atom stereocenters. The molecule has 106 valence electrons. The van der Waals surface area contributed by atoms with Crippen LogP contribution in [0.1, 0.15) is 59.3 Å². The molecule has 0 aliphatic heterocycles. The SMILES string of the molecule is CCC/C=C/C(F)=C\C=C(/C)C1(C(=O)CCC)CC1. The van der Waals surface area contributed by atoms with Crippen LogP contribution in [0, 0.1) is 5.41 Å². The van der Waals surface area contributed by atoms with E-state index in [1.807, 2.05) is 19.9 Å². The van der Waals surface area contributed by atoms with Crippen molar-refractivity contribution >= 4 is 5.78 Å². The van der Waals surface area contributed by atoms with Crippen molar-refractivity contribution in [2.24, 2.45) is 5.41 Å². The maximum absolute atomic E-state index is 13.5. The number of halogens is 1. The van der Waals surface area contributed by atoms with E-state index in [1.165, 1.54) is 12.2 Å². The van der Waals surface area contributed by atoms with Crippen molar-refractivity contribution in [3.63, 3.8) is 0 Å². The molecule has 0 N–H and O–H groups in total. The van der Waals surface area contributed by atoms with Crippen molar-refractivity contribution in [1.82, 2.24) is 0 Å². The molecule has 1 fully saturated rings. The standard InChI is InChI=1S/C17H25FO/c1-4-6-7-9-15(18)11-10-14(3)17(12-13-17)16(19)8-5-2/h7,9-11H,4-6,8,12-13H2,1-3H3/b9-7+,14-10+,15-11+. The van der Waals surface area contributed by atoms with Crippen LogP contribution in [0.2, 0.25) is 0 Å². The van der Waals surface area contributed by atoms with Crippen molar-refractivity contribution < 1.29 is 9.18 Å². The summed E-state index contributed by atoms with van der Waals surface area (Å²) in [5.74, 6) is 0.0747. The van der Waals surface area contributed by atoms with Crippen molar-refractivity contribution in [3.05, 3.63) is 35.7 Å². The molecule has 2 heteroatoms. The fourth-order valence-electron chi connectivity index (χ4n) is 2.27. The predicted octanol–water partition coefficient (Wildman–Crippen LogP) is 5.29. The molecular weight excluding hydrogens is 239 g/mol. The molecule has 0 aromatic rings. The van der Waals surface area contributed by atoms with Gasteiger partial charge in [-0.25, -0.2) is 4.39 Å². The zero-order chi connectivity index (χ0) is 14.3. The van der Waals surface area contributed by atoms with E-state index in [-0.39, 0.29) is 11.2 Å². The van der Waals surface area contributed by atoms with Gasteiger partial charge in [-0.15, -0.1) is 0 Å². The molecule has 0 amide bonds. The fraction of sp³-hybridized carbons (Fsp3) is 0.588. The third kappa shape index (κ3) is 4.45. The number of hydrogen-bond donors (Lipinski definition) is 0. The minimum Gasteiger partial charge on any atom is -0.299 e. The Morgan fingerprint density at radius 2 is 1.89 bits per heavy atom. The van der Waals surface area contributed by atoms with Gasteiger partial charge in [-0.05, 0) is 44.8 Å². The Morgan fingerprint density at radius 3 is 2.42 bits per heavy atom. The van der Waals surface area contributed by atoms with Crippen LogP contribution in [0.15, 0.2) is 35.7 Å². The second-order valence-electron chi connectivity index (χ2n) is 5.35. The number of Topliss-reactive ketones (excluding diaryl/α,β-unsaturated/α-hetero) is 1. The summed E-state index contributed by atoms with van der Waals surface area (Å²) in [7, 11) is 0. The van der Waals surface area contributed by atoms with Crippen molar-refractivity contribution in [2.45, 2.75) is 59.3 Å². The highest BCUT2D eigenvalue weighted by Gasteiger charge is 2.49. The number of hydrogen-bond acceptors (Lipinski definition) is 1. The number of carbonyl (C=O) groups is 1. The van der Waals surface area contributed by atoms with Gasteiger partial charge in [0.1, 0.15) is 11.6 Å². The smallest absolute Gasteiger partial charge is 0.143 e. The second-order valence-corrected chi connectivity index (χ2v) is 5.35. The Morgan fingerprint density at radius 1 is 1.21 bits per heavy atom. The van der Waals surface area contributed by atoms with Gasteiger partial charge in [-0.2, -0.15) is 0 Å². The van der Waals surface area contributed by atoms with E-state index in [2.05, 4.69) is 6.92 Å². The molecule has 0 heterocycles. The quantitative estimate of drug-likeness (QED) is 0.544. The number of rotatable bonds is 8. The Bertz CT molecular complexity index is 397. The first kappa shape index (κ1) is 15.9. The highest BCUT2D eigenvalue weighted by atomic mass is 19.1. The normalized spacial score (nSPS) is 18.9. The molecule has 0 radical (unpaired) electrons. The van der Waals surface area contributed by atoms with Gasteiger partial charge in [-0.1, -0.05) is 38.0 Å². The van der Waals surface area contributed by atoms with Crippen LogP contribution in [-0.2, 0) is 4.79 Å². The van der Waals surface area contributed by atoms with E-state index < -0.39 is 0 Å². The second kappa shape index (κ2) is 7.42. The molecule has 1 nitrogen and oxygen atoms in total. The number of carbonyl (C=O) groups excluding carboxylic acids is 1. The van der Waals surface area contributed by atoms with Gasteiger partial charge in [0.25, 0.3) is 0 Å². The number of ketones is 1. The summed E-state index contributed by atoms with van der Waals surface area (Å²) in [6.07, 6.45) is 11.9. The highest BCUT2D eigenvalue weighted by molar-refractivity contribution is 5.90. The van der Waals surface area contributed by atoms with Gasteiger partial charge in [0, 0.05) is 11.8 Å². The molecule has 0 bridgehead atoms. The van der Waals surface area contributed by atoms with Gasteiger partial charge < -0.3 is 0 Å². The molecule has 0 aromatic carbocycles.